The van der Waals surface area contributed by atoms with Crippen LogP contribution in [-0.4, -0.2) is 9.97 Å². The molecular weight excluding hydrogens is 306 g/mol. The van der Waals surface area contributed by atoms with Crippen molar-refractivity contribution in [1.82, 2.24) is 9.97 Å². The lowest BCUT2D eigenvalue weighted by Gasteiger charge is -2.10. The topological polar surface area (TPSA) is 25.8 Å². The Morgan fingerprint density at radius 3 is 1.42 bits per heavy atom. The molecular formula is C20H12F2N2. The van der Waals surface area contributed by atoms with Gasteiger partial charge in [0.2, 0.25) is 0 Å². The smallest absolute Gasteiger partial charge is 0.123 e. The van der Waals surface area contributed by atoms with Crippen molar-refractivity contribution in [1.29, 1.82) is 0 Å². The van der Waals surface area contributed by atoms with Crippen molar-refractivity contribution in [2.24, 2.45) is 0 Å². The van der Waals surface area contributed by atoms with Crippen LogP contribution in [0, 0.1) is 11.6 Å². The normalized spacial score (nSPS) is 10.9. The molecule has 24 heavy (non-hydrogen) atoms. The first-order valence-corrected chi connectivity index (χ1v) is 7.49. The highest BCUT2D eigenvalue weighted by Crippen LogP contribution is 2.31. The minimum Gasteiger partial charge on any atom is -0.244 e. The first-order valence-electron chi connectivity index (χ1n) is 7.49. The standard InChI is InChI=1S/C20H12F2N2/c21-15-7-3-5-13(11-15)19-20(14-6-4-8-16(22)12-14)24-18-10-2-1-9-17(18)23-19/h1-12H. The predicted molar refractivity (Wildman–Crippen MR) is 90.3 cm³/mol. The van der Waals surface area contributed by atoms with Crippen LogP contribution in [0.3, 0.4) is 0 Å². The van der Waals surface area contributed by atoms with Gasteiger partial charge in [-0.3, -0.25) is 0 Å². The van der Waals surface area contributed by atoms with Crippen molar-refractivity contribution < 1.29 is 8.78 Å². The third-order valence-electron chi connectivity index (χ3n) is 3.77. The van der Waals surface area contributed by atoms with Crippen molar-refractivity contribution in [3.8, 4) is 22.5 Å². The summed E-state index contributed by atoms with van der Waals surface area (Å²) in [5.74, 6) is -0.708. The Bertz CT molecular complexity index is 960. The molecule has 4 aromatic rings. The molecule has 0 aliphatic rings. The molecule has 1 aromatic heterocycles. The van der Waals surface area contributed by atoms with Crippen molar-refractivity contribution in [2.75, 3.05) is 0 Å². The molecule has 0 aliphatic heterocycles. The van der Waals surface area contributed by atoms with E-state index in [0.717, 1.165) is 0 Å². The molecule has 0 saturated carbocycles. The van der Waals surface area contributed by atoms with E-state index in [0.29, 0.717) is 33.5 Å². The number of para-hydroxylation sites is 2. The van der Waals surface area contributed by atoms with Crippen LogP contribution in [-0.2, 0) is 0 Å². The van der Waals surface area contributed by atoms with E-state index in [1.54, 1.807) is 24.3 Å². The summed E-state index contributed by atoms with van der Waals surface area (Å²) in [5.41, 5.74) is 3.67. The number of fused-ring (bicyclic) bond motifs is 1. The van der Waals surface area contributed by atoms with E-state index < -0.39 is 0 Å². The maximum absolute atomic E-state index is 13.7. The summed E-state index contributed by atoms with van der Waals surface area (Å²) in [6.45, 7) is 0. The van der Waals surface area contributed by atoms with Crippen molar-refractivity contribution in [3.05, 3.63) is 84.4 Å². The molecule has 0 aliphatic carbocycles. The Labute approximate surface area is 137 Å². The lowest BCUT2D eigenvalue weighted by Crippen LogP contribution is -1.96. The van der Waals surface area contributed by atoms with Gasteiger partial charge < -0.3 is 0 Å². The first kappa shape index (κ1) is 14.5. The van der Waals surface area contributed by atoms with Crippen LogP contribution in [0.25, 0.3) is 33.5 Å². The van der Waals surface area contributed by atoms with Gasteiger partial charge in [-0.15, -0.1) is 0 Å². The number of hydrogen-bond donors (Lipinski definition) is 0. The number of hydrogen-bond acceptors (Lipinski definition) is 2. The summed E-state index contributed by atoms with van der Waals surface area (Å²) in [4.78, 5) is 9.28. The zero-order valence-electron chi connectivity index (χ0n) is 12.6. The molecule has 0 bridgehead atoms. The fraction of sp³-hybridized carbons (Fsp3) is 0. The third-order valence-corrected chi connectivity index (χ3v) is 3.77. The van der Waals surface area contributed by atoms with Crippen molar-refractivity contribution in [2.45, 2.75) is 0 Å². The molecule has 1 heterocycles. The minimum absolute atomic E-state index is 0.354. The van der Waals surface area contributed by atoms with Gasteiger partial charge in [0.05, 0.1) is 22.4 Å². The molecule has 3 aromatic carbocycles. The molecule has 0 unspecified atom stereocenters. The molecule has 0 saturated heterocycles. The van der Waals surface area contributed by atoms with Gasteiger partial charge in [0.25, 0.3) is 0 Å². The van der Waals surface area contributed by atoms with Gasteiger partial charge in [0.15, 0.2) is 0 Å². The highest BCUT2D eigenvalue weighted by molar-refractivity contribution is 5.86. The van der Waals surface area contributed by atoms with Crippen LogP contribution in [0.5, 0.6) is 0 Å². The quantitative estimate of drug-likeness (QED) is 0.505. The Morgan fingerprint density at radius 1 is 0.542 bits per heavy atom. The maximum Gasteiger partial charge on any atom is 0.123 e. The number of halogens is 2. The van der Waals surface area contributed by atoms with Crippen LogP contribution < -0.4 is 0 Å². The zero-order chi connectivity index (χ0) is 16.5. The number of benzene rings is 3. The molecule has 0 amide bonds. The van der Waals surface area contributed by atoms with E-state index >= 15 is 0 Å². The van der Waals surface area contributed by atoms with Gasteiger partial charge in [-0.1, -0.05) is 36.4 Å². The monoisotopic (exact) mass is 318 g/mol. The second-order valence-electron chi connectivity index (χ2n) is 5.43. The van der Waals surface area contributed by atoms with Gasteiger partial charge in [-0.05, 0) is 36.4 Å². The lowest BCUT2D eigenvalue weighted by molar-refractivity contribution is 0.627. The minimum atomic E-state index is -0.354. The molecule has 4 heteroatoms. The molecule has 0 spiro atoms. The van der Waals surface area contributed by atoms with Gasteiger partial charge in [-0.25, -0.2) is 18.7 Å². The van der Waals surface area contributed by atoms with Gasteiger partial charge in [-0.2, -0.15) is 0 Å². The van der Waals surface area contributed by atoms with E-state index in [9.17, 15) is 8.78 Å². The summed E-state index contributed by atoms with van der Waals surface area (Å²) in [6.07, 6.45) is 0. The second-order valence-corrected chi connectivity index (χ2v) is 5.43. The Morgan fingerprint density at radius 2 is 1.00 bits per heavy atom. The van der Waals surface area contributed by atoms with Crippen LogP contribution in [0.4, 0.5) is 8.78 Å². The van der Waals surface area contributed by atoms with Crippen LogP contribution in [0.2, 0.25) is 0 Å². The van der Waals surface area contributed by atoms with Gasteiger partial charge in [0.1, 0.15) is 11.6 Å². The second kappa shape index (κ2) is 5.81. The molecule has 0 atom stereocenters. The molecule has 2 nitrogen and oxygen atoms in total. The lowest BCUT2D eigenvalue weighted by atomic mass is 10.0. The molecule has 4 rings (SSSR count). The number of rotatable bonds is 2. The van der Waals surface area contributed by atoms with E-state index in [-0.39, 0.29) is 11.6 Å². The summed E-state index contributed by atoms with van der Waals surface area (Å²) in [7, 11) is 0. The van der Waals surface area contributed by atoms with Crippen LogP contribution >= 0.6 is 0 Å². The fourth-order valence-electron chi connectivity index (χ4n) is 2.67. The fourth-order valence-corrected chi connectivity index (χ4v) is 2.67. The maximum atomic E-state index is 13.7. The van der Waals surface area contributed by atoms with Crippen molar-refractivity contribution in [3.63, 3.8) is 0 Å². The molecule has 116 valence electrons. The number of aromatic nitrogens is 2. The molecule has 0 radical (unpaired) electrons. The highest BCUT2D eigenvalue weighted by atomic mass is 19.1. The Hall–Kier alpha value is -3.14. The summed E-state index contributed by atoms with van der Waals surface area (Å²) in [5, 5.41) is 0. The predicted octanol–water partition coefficient (Wildman–Crippen LogP) is 5.24. The van der Waals surface area contributed by atoms with Gasteiger partial charge >= 0.3 is 0 Å². The average Bonchev–Trinajstić information content (AvgIpc) is 2.60. The molecule has 0 N–H and O–H groups in total. The summed E-state index contributed by atoms with van der Waals surface area (Å²) in [6, 6.07) is 19.8. The highest BCUT2D eigenvalue weighted by Gasteiger charge is 2.14. The van der Waals surface area contributed by atoms with E-state index in [1.165, 1.54) is 24.3 Å². The Balaban J connectivity index is 2.04. The third kappa shape index (κ3) is 2.63. The summed E-state index contributed by atoms with van der Waals surface area (Å²) >= 11 is 0. The summed E-state index contributed by atoms with van der Waals surface area (Å²) < 4.78 is 27.3. The van der Waals surface area contributed by atoms with E-state index in [1.807, 2.05) is 24.3 Å². The van der Waals surface area contributed by atoms with E-state index in [2.05, 4.69) is 9.97 Å². The van der Waals surface area contributed by atoms with Crippen LogP contribution in [0.1, 0.15) is 0 Å². The zero-order valence-corrected chi connectivity index (χ0v) is 12.6. The first-order chi connectivity index (χ1) is 11.7. The van der Waals surface area contributed by atoms with E-state index in [4.69, 9.17) is 0 Å². The largest absolute Gasteiger partial charge is 0.244 e. The van der Waals surface area contributed by atoms with Crippen molar-refractivity contribution >= 4 is 11.0 Å². The molecule has 0 fully saturated rings. The van der Waals surface area contributed by atoms with Gasteiger partial charge in [0, 0.05) is 11.1 Å². The average molecular weight is 318 g/mol. The number of nitrogens with zero attached hydrogens (tertiary/aromatic N) is 2. The SMILES string of the molecule is Fc1cccc(-c2nc3ccccc3nc2-c2cccc(F)c2)c1. The Kier molecular flexibility index (Phi) is 3.50. The van der Waals surface area contributed by atoms with Crippen LogP contribution in [0.15, 0.2) is 72.8 Å².